The van der Waals surface area contributed by atoms with E-state index in [1.54, 1.807) is 11.8 Å². The van der Waals surface area contributed by atoms with Gasteiger partial charge in [-0.05, 0) is 56.5 Å². The second kappa shape index (κ2) is 12.4. The maximum Gasteiger partial charge on any atom is 0.242 e. The van der Waals surface area contributed by atoms with E-state index in [0.29, 0.717) is 32.5 Å². The van der Waals surface area contributed by atoms with Crippen molar-refractivity contribution in [2.75, 3.05) is 13.2 Å². The SMILES string of the molecule is CCCNC(=O)[C@H](C)N(Cc1ccc(Br)cc1)C(=O)CCCOc1ccc(C)cc1. The predicted molar refractivity (Wildman–Crippen MR) is 123 cm³/mol. The van der Waals surface area contributed by atoms with Gasteiger partial charge in [0.15, 0.2) is 0 Å². The van der Waals surface area contributed by atoms with Crippen molar-refractivity contribution in [3.8, 4) is 5.75 Å². The third kappa shape index (κ3) is 7.82. The fraction of sp³-hybridized carbons (Fsp3) is 0.417. The van der Waals surface area contributed by atoms with Crippen LogP contribution in [0, 0.1) is 6.92 Å². The Morgan fingerprint density at radius 1 is 1.10 bits per heavy atom. The summed E-state index contributed by atoms with van der Waals surface area (Å²) in [4.78, 5) is 27.1. The van der Waals surface area contributed by atoms with E-state index < -0.39 is 6.04 Å². The first-order valence-corrected chi connectivity index (χ1v) is 11.2. The molecule has 162 valence electrons. The lowest BCUT2D eigenvalue weighted by Gasteiger charge is -2.29. The second-order valence-corrected chi connectivity index (χ2v) is 8.30. The number of hydrogen-bond donors (Lipinski definition) is 1. The lowest BCUT2D eigenvalue weighted by atomic mass is 10.1. The van der Waals surface area contributed by atoms with Crippen LogP contribution < -0.4 is 10.1 Å². The number of carbonyl (C=O) groups excluding carboxylic acids is 2. The van der Waals surface area contributed by atoms with Gasteiger partial charge in [-0.1, -0.05) is 52.7 Å². The molecule has 6 heteroatoms. The van der Waals surface area contributed by atoms with Crippen molar-refractivity contribution in [3.63, 3.8) is 0 Å². The van der Waals surface area contributed by atoms with E-state index >= 15 is 0 Å². The Labute approximate surface area is 187 Å². The highest BCUT2D eigenvalue weighted by Gasteiger charge is 2.25. The predicted octanol–water partition coefficient (Wildman–Crippen LogP) is 4.86. The summed E-state index contributed by atoms with van der Waals surface area (Å²) in [7, 11) is 0. The summed E-state index contributed by atoms with van der Waals surface area (Å²) in [5, 5.41) is 2.89. The average molecular weight is 475 g/mol. The zero-order valence-electron chi connectivity index (χ0n) is 18.0. The van der Waals surface area contributed by atoms with Crippen LogP contribution in [0.15, 0.2) is 53.0 Å². The van der Waals surface area contributed by atoms with Crippen LogP contribution >= 0.6 is 15.9 Å². The van der Waals surface area contributed by atoms with Crippen molar-refractivity contribution in [3.05, 3.63) is 64.1 Å². The molecule has 5 nitrogen and oxygen atoms in total. The van der Waals surface area contributed by atoms with Crippen LogP contribution in [-0.2, 0) is 16.1 Å². The molecular formula is C24H31BrN2O3. The number of carbonyl (C=O) groups is 2. The zero-order valence-corrected chi connectivity index (χ0v) is 19.6. The number of amides is 2. The molecule has 0 saturated carbocycles. The van der Waals surface area contributed by atoms with Crippen molar-refractivity contribution in [1.82, 2.24) is 10.2 Å². The fourth-order valence-electron chi connectivity index (χ4n) is 2.96. The molecule has 0 bridgehead atoms. The van der Waals surface area contributed by atoms with Crippen molar-refractivity contribution >= 4 is 27.7 Å². The Bertz CT molecular complexity index is 806. The summed E-state index contributed by atoms with van der Waals surface area (Å²) in [5.41, 5.74) is 2.16. The summed E-state index contributed by atoms with van der Waals surface area (Å²) in [6, 6.07) is 15.1. The molecule has 2 rings (SSSR count). The third-order valence-electron chi connectivity index (χ3n) is 4.81. The van der Waals surface area contributed by atoms with Gasteiger partial charge < -0.3 is 15.0 Å². The van der Waals surface area contributed by atoms with Crippen molar-refractivity contribution in [2.24, 2.45) is 0 Å². The molecule has 0 spiro atoms. The second-order valence-electron chi connectivity index (χ2n) is 7.38. The monoisotopic (exact) mass is 474 g/mol. The molecule has 1 N–H and O–H groups in total. The molecule has 0 aliphatic carbocycles. The molecule has 2 aromatic rings. The first-order chi connectivity index (χ1) is 14.4. The maximum absolute atomic E-state index is 13.0. The van der Waals surface area contributed by atoms with E-state index in [4.69, 9.17) is 4.74 Å². The number of nitrogens with zero attached hydrogens (tertiary/aromatic N) is 1. The molecule has 2 amide bonds. The molecule has 0 radical (unpaired) electrons. The summed E-state index contributed by atoms with van der Waals surface area (Å²) >= 11 is 3.43. The normalized spacial score (nSPS) is 11.6. The number of aryl methyl sites for hydroxylation is 1. The molecule has 0 saturated heterocycles. The molecule has 0 fully saturated rings. The number of benzene rings is 2. The number of rotatable bonds is 11. The molecule has 0 aromatic heterocycles. The lowest BCUT2D eigenvalue weighted by molar-refractivity contribution is -0.140. The molecule has 2 aromatic carbocycles. The van der Waals surface area contributed by atoms with Crippen LogP contribution in [0.4, 0.5) is 0 Å². The van der Waals surface area contributed by atoms with E-state index in [-0.39, 0.29) is 11.8 Å². The minimum atomic E-state index is -0.536. The van der Waals surface area contributed by atoms with Gasteiger partial charge in [0.25, 0.3) is 0 Å². The quantitative estimate of drug-likeness (QED) is 0.473. The Morgan fingerprint density at radius 3 is 2.40 bits per heavy atom. The largest absolute Gasteiger partial charge is 0.494 e. The smallest absolute Gasteiger partial charge is 0.242 e. The average Bonchev–Trinajstić information content (AvgIpc) is 2.75. The fourth-order valence-corrected chi connectivity index (χ4v) is 3.22. The van der Waals surface area contributed by atoms with E-state index in [1.165, 1.54) is 5.56 Å². The molecule has 30 heavy (non-hydrogen) atoms. The van der Waals surface area contributed by atoms with Gasteiger partial charge in [0.1, 0.15) is 11.8 Å². The molecule has 0 aliphatic rings. The van der Waals surface area contributed by atoms with Crippen LogP contribution in [0.3, 0.4) is 0 Å². The standard InChI is InChI=1S/C24H31BrN2O3/c1-4-15-26-24(29)19(3)27(17-20-9-11-21(25)12-10-20)23(28)6-5-16-30-22-13-7-18(2)8-14-22/h7-14,19H,4-6,15-17H2,1-3H3,(H,26,29)/t19-/m0/s1. The highest BCUT2D eigenvalue weighted by Crippen LogP contribution is 2.16. The van der Waals surface area contributed by atoms with Gasteiger partial charge in [0.2, 0.25) is 11.8 Å². The van der Waals surface area contributed by atoms with Gasteiger partial charge in [0, 0.05) is 24.0 Å². The summed E-state index contributed by atoms with van der Waals surface area (Å²) in [6.07, 6.45) is 1.77. The van der Waals surface area contributed by atoms with Gasteiger partial charge in [-0.15, -0.1) is 0 Å². The number of ether oxygens (including phenoxy) is 1. The zero-order chi connectivity index (χ0) is 21.9. The molecule has 1 atom stereocenters. The topological polar surface area (TPSA) is 58.6 Å². The van der Waals surface area contributed by atoms with E-state index in [1.807, 2.05) is 62.4 Å². The van der Waals surface area contributed by atoms with Gasteiger partial charge in [-0.2, -0.15) is 0 Å². The minimum absolute atomic E-state index is 0.0513. The summed E-state index contributed by atoms with van der Waals surface area (Å²) < 4.78 is 6.71. The molecule has 0 heterocycles. The highest BCUT2D eigenvalue weighted by molar-refractivity contribution is 9.10. The Morgan fingerprint density at radius 2 is 1.77 bits per heavy atom. The summed E-state index contributed by atoms with van der Waals surface area (Å²) in [6.45, 7) is 7.27. The van der Waals surface area contributed by atoms with E-state index in [0.717, 1.165) is 22.2 Å². The number of hydrogen-bond acceptors (Lipinski definition) is 3. The van der Waals surface area contributed by atoms with E-state index in [9.17, 15) is 9.59 Å². The van der Waals surface area contributed by atoms with E-state index in [2.05, 4.69) is 21.2 Å². The molecular weight excluding hydrogens is 444 g/mol. The first-order valence-electron chi connectivity index (χ1n) is 10.4. The Balaban J connectivity index is 1.96. The van der Waals surface area contributed by atoms with Gasteiger partial charge in [0.05, 0.1) is 6.61 Å². The van der Waals surface area contributed by atoms with Crippen LogP contribution in [0.1, 0.15) is 44.2 Å². The van der Waals surface area contributed by atoms with Gasteiger partial charge in [-0.25, -0.2) is 0 Å². The number of halogens is 1. The highest BCUT2D eigenvalue weighted by atomic mass is 79.9. The molecule has 0 aliphatic heterocycles. The van der Waals surface area contributed by atoms with Crippen molar-refractivity contribution in [2.45, 2.75) is 52.6 Å². The number of nitrogens with one attached hydrogen (secondary N) is 1. The van der Waals surface area contributed by atoms with Gasteiger partial charge in [-0.3, -0.25) is 9.59 Å². The minimum Gasteiger partial charge on any atom is -0.494 e. The van der Waals surface area contributed by atoms with Crippen molar-refractivity contribution < 1.29 is 14.3 Å². The third-order valence-corrected chi connectivity index (χ3v) is 5.34. The van der Waals surface area contributed by atoms with Crippen LogP contribution in [0.2, 0.25) is 0 Å². The van der Waals surface area contributed by atoms with Crippen LogP contribution in [0.5, 0.6) is 5.75 Å². The Hall–Kier alpha value is -2.34. The first kappa shape index (κ1) is 23.9. The van der Waals surface area contributed by atoms with Crippen LogP contribution in [0.25, 0.3) is 0 Å². The Kier molecular flexibility index (Phi) is 9.87. The molecule has 0 unspecified atom stereocenters. The lowest BCUT2D eigenvalue weighted by Crippen LogP contribution is -2.47. The van der Waals surface area contributed by atoms with Crippen molar-refractivity contribution in [1.29, 1.82) is 0 Å². The maximum atomic E-state index is 13.0. The van der Waals surface area contributed by atoms with Gasteiger partial charge >= 0.3 is 0 Å². The van der Waals surface area contributed by atoms with Crippen LogP contribution in [-0.4, -0.2) is 35.9 Å². The summed E-state index contributed by atoms with van der Waals surface area (Å²) in [5.74, 6) is 0.620.